The van der Waals surface area contributed by atoms with Crippen molar-refractivity contribution in [1.82, 2.24) is 4.90 Å². The summed E-state index contributed by atoms with van der Waals surface area (Å²) in [6.45, 7) is 9.24. The van der Waals surface area contributed by atoms with Gasteiger partial charge in [-0.3, -0.25) is 4.90 Å². The van der Waals surface area contributed by atoms with Crippen LogP contribution in [0.25, 0.3) is 0 Å². The smallest absolute Gasteiger partial charge is 0.447 e. The number of amides is 1. The topological polar surface area (TPSA) is 48.0 Å². The monoisotopic (exact) mass is 265 g/mol. The van der Waals surface area contributed by atoms with E-state index in [0.29, 0.717) is 13.2 Å². The van der Waals surface area contributed by atoms with E-state index in [2.05, 4.69) is 0 Å². The van der Waals surface area contributed by atoms with E-state index in [4.69, 9.17) is 14.0 Å². The van der Waals surface area contributed by atoms with Crippen LogP contribution in [-0.4, -0.2) is 48.5 Å². The minimum Gasteiger partial charge on any atom is -0.447 e. The third-order valence-corrected chi connectivity index (χ3v) is 4.65. The Morgan fingerprint density at radius 1 is 1.26 bits per heavy atom. The molecule has 6 heteroatoms. The van der Waals surface area contributed by atoms with Crippen LogP contribution in [0.3, 0.4) is 0 Å². The van der Waals surface area contributed by atoms with Crippen LogP contribution in [0.5, 0.6) is 0 Å². The molecule has 3 aliphatic rings. The molecule has 0 aromatic heterocycles. The van der Waals surface area contributed by atoms with E-state index in [-0.39, 0.29) is 30.5 Å². The SMILES string of the molecule is CC1(C)OB(C2=CCN3C(=O)OC[C@@H]3C2)OC1(C)C. The summed E-state index contributed by atoms with van der Waals surface area (Å²) in [4.78, 5) is 13.2. The molecular weight excluding hydrogens is 245 g/mol. The van der Waals surface area contributed by atoms with Gasteiger partial charge in [-0.15, -0.1) is 0 Å². The first kappa shape index (κ1) is 13.0. The first-order valence-electron chi connectivity index (χ1n) is 6.78. The van der Waals surface area contributed by atoms with E-state index < -0.39 is 0 Å². The lowest BCUT2D eigenvalue weighted by atomic mass is 9.73. The Morgan fingerprint density at radius 2 is 1.89 bits per heavy atom. The lowest BCUT2D eigenvalue weighted by molar-refractivity contribution is 0.00578. The summed E-state index contributed by atoms with van der Waals surface area (Å²) in [6.07, 6.45) is 2.59. The maximum absolute atomic E-state index is 11.5. The van der Waals surface area contributed by atoms with Crippen LogP contribution in [0, 0.1) is 0 Å². The van der Waals surface area contributed by atoms with Gasteiger partial charge in [-0.2, -0.15) is 0 Å². The molecule has 0 radical (unpaired) electrons. The molecule has 104 valence electrons. The lowest BCUT2D eigenvalue weighted by Crippen LogP contribution is -2.41. The highest BCUT2D eigenvalue weighted by Crippen LogP contribution is 2.40. The first-order valence-corrected chi connectivity index (χ1v) is 6.78. The summed E-state index contributed by atoms with van der Waals surface area (Å²) in [5, 5.41) is 0. The molecule has 3 heterocycles. The summed E-state index contributed by atoms with van der Waals surface area (Å²) >= 11 is 0. The van der Waals surface area contributed by atoms with E-state index in [1.54, 1.807) is 4.90 Å². The molecule has 1 amide bonds. The van der Waals surface area contributed by atoms with Crippen molar-refractivity contribution in [2.75, 3.05) is 13.2 Å². The molecule has 0 bridgehead atoms. The van der Waals surface area contributed by atoms with Crippen molar-refractivity contribution < 1.29 is 18.8 Å². The van der Waals surface area contributed by atoms with Crippen molar-refractivity contribution >= 4 is 13.2 Å². The molecule has 0 aromatic carbocycles. The average molecular weight is 265 g/mol. The minimum atomic E-state index is -0.322. The number of hydrogen-bond donors (Lipinski definition) is 0. The number of carbonyl (C=O) groups excluding carboxylic acids is 1. The summed E-state index contributed by atoms with van der Waals surface area (Å²) in [7, 11) is -0.303. The molecule has 2 saturated heterocycles. The van der Waals surface area contributed by atoms with Gasteiger partial charge in [0.2, 0.25) is 0 Å². The van der Waals surface area contributed by atoms with Crippen LogP contribution < -0.4 is 0 Å². The number of hydrogen-bond acceptors (Lipinski definition) is 4. The molecule has 0 saturated carbocycles. The van der Waals surface area contributed by atoms with Gasteiger partial charge < -0.3 is 14.0 Å². The molecule has 3 aliphatic heterocycles. The summed E-state index contributed by atoms with van der Waals surface area (Å²) in [5.74, 6) is 0. The third-order valence-electron chi connectivity index (χ3n) is 4.65. The van der Waals surface area contributed by atoms with Crippen molar-refractivity contribution in [1.29, 1.82) is 0 Å². The molecule has 19 heavy (non-hydrogen) atoms. The number of nitrogens with zero attached hydrogens (tertiary/aromatic N) is 1. The lowest BCUT2D eigenvalue weighted by Gasteiger charge is -2.32. The summed E-state index contributed by atoms with van der Waals surface area (Å²) < 4.78 is 17.2. The van der Waals surface area contributed by atoms with Gasteiger partial charge in [0, 0.05) is 6.54 Å². The van der Waals surface area contributed by atoms with E-state index >= 15 is 0 Å². The van der Waals surface area contributed by atoms with Gasteiger partial charge in [0.1, 0.15) is 6.61 Å². The van der Waals surface area contributed by atoms with E-state index in [0.717, 1.165) is 11.9 Å². The molecule has 0 unspecified atom stereocenters. The van der Waals surface area contributed by atoms with Crippen LogP contribution >= 0.6 is 0 Å². The Balaban J connectivity index is 1.75. The minimum absolute atomic E-state index is 0.131. The molecule has 1 atom stereocenters. The Kier molecular flexibility index (Phi) is 2.73. The van der Waals surface area contributed by atoms with Crippen LogP contribution in [0.4, 0.5) is 4.79 Å². The van der Waals surface area contributed by atoms with Gasteiger partial charge in [0.15, 0.2) is 0 Å². The van der Waals surface area contributed by atoms with Crippen molar-refractivity contribution in [2.24, 2.45) is 0 Å². The van der Waals surface area contributed by atoms with Crippen LogP contribution in [0.2, 0.25) is 0 Å². The van der Waals surface area contributed by atoms with Crippen molar-refractivity contribution in [3.8, 4) is 0 Å². The van der Waals surface area contributed by atoms with Gasteiger partial charge >= 0.3 is 13.2 Å². The zero-order valence-electron chi connectivity index (χ0n) is 11.9. The summed E-state index contributed by atoms with van der Waals surface area (Å²) in [6, 6.07) is 0.131. The van der Waals surface area contributed by atoms with Crippen LogP contribution in [0.15, 0.2) is 11.5 Å². The van der Waals surface area contributed by atoms with Gasteiger partial charge in [0.05, 0.1) is 17.2 Å². The fraction of sp³-hybridized carbons (Fsp3) is 0.769. The van der Waals surface area contributed by atoms with Crippen molar-refractivity contribution in [3.05, 3.63) is 11.5 Å². The zero-order chi connectivity index (χ0) is 13.8. The Morgan fingerprint density at radius 3 is 2.53 bits per heavy atom. The second-order valence-electron chi connectivity index (χ2n) is 6.45. The van der Waals surface area contributed by atoms with E-state index in [9.17, 15) is 4.79 Å². The highest BCUT2D eigenvalue weighted by Gasteiger charge is 2.53. The summed E-state index contributed by atoms with van der Waals surface area (Å²) in [5.41, 5.74) is 0.480. The largest absolute Gasteiger partial charge is 0.490 e. The predicted molar refractivity (Wildman–Crippen MR) is 70.6 cm³/mol. The number of ether oxygens (including phenoxy) is 1. The Bertz CT molecular complexity index is 430. The maximum atomic E-state index is 11.5. The molecule has 5 nitrogen and oxygen atoms in total. The predicted octanol–water partition coefficient (Wildman–Crippen LogP) is 1.77. The number of fused-ring (bicyclic) bond motifs is 1. The zero-order valence-corrected chi connectivity index (χ0v) is 11.9. The van der Waals surface area contributed by atoms with E-state index in [1.807, 2.05) is 33.8 Å². The fourth-order valence-corrected chi connectivity index (χ4v) is 2.64. The number of carbonyl (C=O) groups is 1. The molecule has 0 aliphatic carbocycles. The van der Waals surface area contributed by atoms with Gasteiger partial charge in [0.25, 0.3) is 0 Å². The Hall–Kier alpha value is -1.01. The van der Waals surface area contributed by atoms with E-state index in [1.165, 1.54) is 0 Å². The molecule has 2 fully saturated rings. The highest BCUT2D eigenvalue weighted by atomic mass is 16.7. The fourth-order valence-electron chi connectivity index (χ4n) is 2.64. The van der Waals surface area contributed by atoms with Crippen LogP contribution in [-0.2, 0) is 14.0 Å². The van der Waals surface area contributed by atoms with Gasteiger partial charge in [-0.1, -0.05) is 6.08 Å². The molecular formula is C13H20BNO4. The molecule has 3 rings (SSSR count). The van der Waals surface area contributed by atoms with Gasteiger partial charge in [-0.25, -0.2) is 4.79 Å². The van der Waals surface area contributed by atoms with Gasteiger partial charge in [-0.05, 0) is 39.6 Å². The third kappa shape index (κ3) is 1.97. The number of rotatable bonds is 1. The quantitative estimate of drug-likeness (QED) is 0.678. The standard InChI is InChI=1S/C13H20BNO4/c1-12(2)13(3,4)19-14(18-12)9-5-6-15-10(7-9)8-17-11(15)16/h5,10H,6-8H2,1-4H3/t10-/m0/s1. The molecule has 0 spiro atoms. The second-order valence-corrected chi connectivity index (χ2v) is 6.45. The Labute approximate surface area is 114 Å². The molecule has 0 N–H and O–H groups in total. The highest BCUT2D eigenvalue weighted by molar-refractivity contribution is 6.54. The molecule has 0 aromatic rings. The number of cyclic esters (lactones) is 1. The second kappa shape index (κ2) is 3.99. The first-order chi connectivity index (χ1) is 8.80. The maximum Gasteiger partial charge on any atom is 0.490 e. The van der Waals surface area contributed by atoms with Crippen molar-refractivity contribution in [3.63, 3.8) is 0 Å². The normalized spacial score (nSPS) is 32.1. The average Bonchev–Trinajstić information content (AvgIpc) is 2.78. The van der Waals surface area contributed by atoms with Crippen LogP contribution in [0.1, 0.15) is 34.1 Å². The van der Waals surface area contributed by atoms with Crippen molar-refractivity contribution in [2.45, 2.75) is 51.4 Å².